The molecule has 3 nitrogen and oxygen atoms in total. The molecule has 100 valence electrons. The van der Waals surface area contributed by atoms with Gasteiger partial charge >= 0.3 is 0 Å². The van der Waals surface area contributed by atoms with Crippen molar-refractivity contribution in [3.8, 4) is 11.5 Å². The number of benzene rings is 1. The predicted octanol–water partition coefficient (Wildman–Crippen LogP) is 1.90. The Morgan fingerprint density at radius 3 is 2.50 bits per heavy atom. The van der Waals surface area contributed by atoms with E-state index >= 15 is 0 Å². The first-order valence-corrected chi connectivity index (χ1v) is 7.71. The van der Waals surface area contributed by atoms with Gasteiger partial charge in [-0.05, 0) is 37.2 Å². The second kappa shape index (κ2) is 8.16. The Balaban J connectivity index is 2.90. The Morgan fingerprint density at radius 2 is 1.89 bits per heavy atom. The number of hydrogen-bond donors (Lipinski definition) is 1. The molecular weight excluding hydrogens is 242 g/mol. The lowest BCUT2D eigenvalue weighted by atomic mass is 10.3. The summed E-state index contributed by atoms with van der Waals surface area (Å²) < 4.78 is 11.3. The van der Waals surface area contributed by atoms with Crippen LogP contribution < -0.4 is 20.4 Å². The van der Waals surface area contributed by atoms with Gasteiger partial charge in [-0.1, -0.05) is 25.5 Å². The molecule has 1 aromatic rings. The smallest absolute Gasteiger partial charge is 0.160 e. The van der Waals surface area contributed by atoms with E-state index in [0.717, 1.165) is 24.3 Å². The van der Waals surface area contributed by atoms with Gasteiger partial charge in [0.1, 0.15) is 9.52 Å². The number of ether oxygens (including phenoxy) is 2. The Bertz CT molecular complexity index is 358. The Hall–Kier alpha value is -1.00. The average molecular weight is 265 g/mol. The molecule has 0 saturated heterocycles. The maximum atomic E-state index is 6.12. The Labute approximate surface area is 112 Å². The number of nitrogens with two attached hydrogens (primary N) is 1. The van der Waals surface area contributed by atoms with Crippen LogP contribution in [-0.2, 0) is 0 Å². The van der Waals surface area contributed by atoms with Crippen LogP contribution in [0.2, 0.25) is 0 Å². The van der Waals surface area contributed by atoms with Crippen molar-refractivity contribution in [2.24, 2.45) is 5.73 Å². The fourth-order valence-electron chi connectivity index (χ4n) is 1.77. The standard InChI is InChI=1S/C14H23NO2Si/c1-4-8-13(15)18-12-10-7-9-11(16-5-2)14(12)17-6-3/h7,9-10,13H,4-6,8,15H2,1-3H3. The summed E-state index contributed by atoms with van der Waals surface area (Å²) in [5, 5.41) is 1.17. The zero-order chi connectivity index (χ0) is 13.4. The highest BCUT2D eigenvalue weighted by atomic mass is 28.2. The second-order valence-electron chi connectivity index (χ2n) is 4.04. The zero-order valence-corrected chi connectivity index (χ0v) is 12.5. The third kappa shape index (κ3) is 4.35. The van der Waals surface area contributed by atoms with Gasteiger partial charge in [0, 0.05) is 0 Å². The van der Waals surface area contributed by atoms with Crippen LogP contribution in [0.4, 0.5) is 0 Å². The van der Waals surface area contributed by atoms with E-state index in [9.17, 15) is 0 Å². The van der Waals surface area contributed by atoms with Crippen molar-refractivity contribution in [1.82, 2.24) is 0 Å². The molecule has 1 aromatic carbocycles. The van der Waals surface area contributed by atoms with E-state index in [0.29, 0.717) is 22.7 Å². The van der Waals surface area contributed by atoms with Gasteiger partial charge in [-0.3, -0.25) is 0 Å². The van der Waals surface area contributed by atoms with Crippen molar-refractivity contribution in [1.29, 1.82) is 0 Å². The van der Waals surface area contributed by atoms with Crippen molar-refractivity contribution in [2.75, 3.05) is 13.2 Å². The van der Waals surface area contributed by atoms with Gasteiger partial charge in [-0.2, -0.15) is 0 Å². The highest BCUT2D eigenvalue weighted by Crippen LogP contribution is 2.24. The highest BCUT2D eigenvalue weighted by Gasteiger charge is 2.14. The summed E-state index contributed by atoms with van der Waals surface area (Å²) in [7, 11) is 0.567. The highest BCUT2D eigenvalue weighted by molar-refractivity contribution is 6.56. The van der Waals surface area contributed by atoms with E-state index in [2.05, 4.69) is 13.0 Å². The monoisotopic (exact) mass is 265 g/mol. The van der Waals surface area contributed by atoms with Gasteiger partial charge in [0.15, 0.2) is 11.5 Å². The minimum atomic E-state index is 0.214. The van der Waals surface area contributed by atoms with Crippen molar-refractivity contribution in [3.63, 3.8) is 0 Å². The van der Waals surface area contributed by atoms with Gasteiger partial charge in [0.2, 0.25) is 0 Å². The molecule has 0 amide bonds. The lowest BCUT2D eigenvalue weighted by Gasteiger charge is -2.16. The minimum absolute atomic E-state index is 0.214. The van der Waals surface area contributed by atoms with Crippen molar-refractivity contribution in [2.45, 2.75) is 39.3 Å². The van der Waals surface area contributed by atoms with Gasteiger partial charge in [-0.25, -0.2) is 0 Å². The van der Waals surface area contributed by atoms with Crippen LogP contribution in [0, 0.1) is 0 Å². The quantitative estimate of drug-likeness (QED) is 0.730. The predicted molar refractivity (Wildman–Crippen MR) is 77.1 cm³/mol. The summed E-state index contributed by atoms with van der Waals surface area (Å²) in [6.45, 7) is 7.41. The van der Waals surface area contributed by atoms with Crippen LogP contribution in [0.5, 0.6) is 11.5 Å². The first-order chi connectivity index (χ1) is 8.72. The Kier molecular flexibility index (Phi) is 6.83. The zero-order valence-electron chi connectivity index (χ0n) is 11.5. The molecule has 0 heterocycles. The first-order valence-electron chi connectivity index (χ1n) is 6.63. The molecule has 4 heteroatoms. The van der Waals surface area contributed by atoms with Gasteiger partial charge in [-0.15, -0.1) is 0 Å². The topological polar surface area (TPSA) is 44.5 Å². The molecule has 1 unspecified atom stereocenters. The van der Waals surface area contributed by atoms with E-state index in [4.69, 9.17) is 15.2 Å². The normalized spacial score (nSPS) is 12.2. The van der Waals surface area contributed by atoms with Crippen LogP contribution in [0.1, 0.15) is 33.6 Å². The molecule has 1 rings (SSSR count). The van der Waals surface area contributed by atoms with E-state index in [1.165, 1.54) is 5.19 Å². The number of rotatable bonds is 8. The number of hydrogen-bond acceptors (Lipinski definition) is 3. The van der Waals surface area contributed by atoms with Crippen LogP contribution >= 0.6 is 0 Å². The summed E-state index contributed by atoms with van der Waals surface area (Å²) >= 11 is 0. The molecule has 0 aromatic heterocycles. The lowest BCUT2D eigenvalue weighted by Crippen LogP contribution is -2.36. The molecule has 0 bridgehead atoms. The first kappa shape index (κ1) is 15.1. The van der Waals surface area contributed by atoms with E-state index in [-0.39, 0.29) is 5.67 Å². The second-order valence-corrected chi connectivity index (χ2v) is 5.61. The molecule has 2 radical (unpaired) electrons. The van der Waals surface area contributed by atoms with Crippen LogP contribution in [0.3, 0.4) is 0 Å². The lowest BCUT2D eigenvalue weighted by molar-refractivity contribution is 0.289. The summed E-state index contributed by atoms with van der Waals surface area (Å²) in [4.78, 5) is 0. The van der Waals surface area contributed by atoms with E-state index in [1.54, 1.807) is 0 Å². The largest absolute Gasteiger partial charge is 0.490 e. The van der Waals surface area contributed by atoms with Gasteiger partial charge < -0.3 is 15.2 Å². The summed E-state index contributed by atoms with van der Waals surface area (Å²) in [5.41, 5.74) is 6.34. The molecule has 0 aliphatic carbocycles. The fraction of sp³-hybridized carbons (Fsp3) is 0.571. The third-order valence-electron chi connectivity index (χ3n) is 2.51. The summed E-state index contributed by atoms with van der Waals surface area (Å²) in [6, 6.07) is 6.05. The van der Waals surface area contributed by atoms with Crippen LogP contribution in [0.25, 0.3) is 0 Å². The van der Waals surface area contributed by atoms with Gasteiger partial charge in [0.25, 0.3) is 0 Å². The molecule has 1 atom stereocenters. The van der Waals surface area contributed by atoms with E-state index < -0.39 is 0 Å². The van der Waals surface area contributed by atoms with Crippen LogP contribution in [-0.4, -0.2) is 28.4 Å². The maximum absolute atomic E-state index is 6.12. The van der Waals surface area contributed by atoms with E-state index in [1.807, 2.05) is 26.0 Å². The average Bonchev–Trinajstić information content (AvgIpc) is 2.34. The molecule has 0 aliphatic heterocycles. The van der Waals surface area contributed by atoms with Crippen molar-refractivity contribution >= 4 is 14.7 Å². The molecule has 18 heavy (non-hydrogen) atoms. The molecule has 0 fully saturated rings. The molecule has 0 aliphatic rings. The minimum Gasteiger partial charge on any atom is -0.490 e. The molecular formula is C14H23NO2Si. The van der Waals surface area contributed by atoms with Crippen LogP contribution in [0.15, 0.2) is 18.2 Å². The maximum Gasteiger partial charge on any atom is 0.160 e. The fourth-order valence-corrected chi connectivity index (χ4v) is 3.13. The summed E-state index contributed by atoms with van der Waals surface area (Å²) in [5.74, 6) is 1.69. The number of para-hydroxylation sites is 1. The third-order valence-corrected chi connectivity index (χ3v) is 3.87. The SMILES string of the molecule is CCCC(N)[Si]c1cccc(OCC)c1OCC. The van der Waals surface area contributed by atoms with Gasteiger partial charge in [0.05, 0.1) is 13.2 Å². The van der Waals surface area contributed by atoms with Crippen molar-refractivity contribution < 1.29 is 9.47 Å². The Morgan fingerprint density at radius 1 is 1.17 bits per heavy atom. The van der Waals surface area contributed by atoms with Crippen molar-refractivity contribution in [3.05, 3.63) is 18.2 Å². The molecule has 2 N–H and O–H groups in total. The molecule has 0 spiro atoms. The summed E-state index contributed by atoms with van der Waals surface area (Å²) in [6.07, 6.45) is 2.16. The molecule has 0 saturated carbocycles.